The third-order valence-electron chi connectivity index (χ3n) is 3.58. The molecule has 0 bridgehead atoms. The Hall–Kier alpha value is -1.56. The molecule has 0 aliphatic rings. The Balaban J connectivity index is 2.80. The van der Waals surface area contributed by atoms with Crippen LogP contribution < -0.4 is 5.32 Å². The number of nitrogens with one attached hydrogen (secondary N) is 1. The van der Waals surface area contributed by atoms with E-state index in [1.165, 1.54) is 14.7 Å². The number of hydrogen-bond acceptors (Lipinski definition) is 3. The molecule has 2 unspecified atom stereocenters. The Morgan fingerprint density at radius 3 is 2.43 bits per heavy atom. The summed E-state index contributed by atoms with van der Waals surface area (Å²) in [6.45, 7) is 9.48. The molecule has 6 heteroatoms. The highest BCUT2D eigenvalue weighted by molar-refractivity contribution is 7.12. The molecule has 0 saturated heterocycles. The van der Waals surface area contributed by atoms with E-state index in [0.717, 1.165) is 5.56 Å². The lowest BCUT2D eigenvalue weighted by atomic mass is 10.1. The fourth-order valence-electron chi connectivity index (χ4n) is 2.22. The molecule has 0 aliphatic carbocycles. The molecule has 0 aromatic carbocycles. The highest BCUT2D eigenvalue weighted by atomic mass is 32.1. The molecule has 2 atom stereocenters. The molecule has 0 spiro atoms. The van der Waals surface area contributed by atoms with E-state index in [1.54, 1.807) is 11.3 Å². The minimum atomic E-state index is -0.999. The number of nitrogens with zero attached hydrogens (tertiary/aromatic N) is 1. The Kier molecular flexibility index (Phi) is 6.20. The van der Waals surface area contributed by atoms with Crippen molar-refractivity contribution in [3.8, 4) is 0 Å². The Morgan fingerprint density at radius 2 is 2.00 bits per heavy atom. The van der Waals surface area contributed by atoms with Crippen molar-refractivity contribution in [2.24, 2.45) is 0 Å². The van der Waals surface area contributed by atoms with Crippen molar-refractivity contribution < 1.29 is 14.7 Å². The summed E-state index contributed by atoms with van der Waals surface area (Å²) in [6, 6.07) is 1.49. The number of urea groups is 1. The molecule has 21 heavy (non-hydrogen) atoms. The standard InChI is InChI=1S/C15H24N2O3S/c1-6-9(2)17(8-14(18)19)15(20)16-11(4)13-7-10(3)21-12(13)5/h7,9,11H,6,8H2,1-5H3,(H,16,20)(H,18,19). The molecular formula is C15H24N2O3S. The molecule has 0 saturated carbocycles. The molecule has 1 aromatic heterocycles. The normalized spacial score (nSPS) is 13.6. The number of thiophene rings is 1. The predicted octanol–water partition coefficient (Wildman–Crippen LogP) is 3.32. The summed E-state index contributed by atoms with van der Waals surface area (Å²) >= 11 is 1.70. The zero-order valence-electron chi connectivity index (χ0n) is 13.3. The maximum absolute atomic E-state index is 12.3. The average molecular weight is 312 g/mol. The zero-order valence-corrected chi connectivity index (χ0v) is 14.1. The zero-order chi connectivity index (χ0) is 16.2. The first-order chi connectivity index (χ1) is 9.76. The molecule has 5 nitrogen and oxygen atoms in total. The topological polar surface area (TPSA) is 69.6 Å². The average Bonchev–Trinajstić information content (AvgIpc) is 2.73. The van der Waals surface area contributed by atoms with Crippen LogP contribution in [0.3, 0.4) is 0 Å². The molecule has 1 heterocycles. The molecule has 1 aromatic rings. The lowest BCUT2D eigenvalue weighted by molar-refractivity contribution is -0.138. The molecule has 2 N–H and O–H groups in total. The number of carboxylic acids is 1. The summed E-state index contributed by atoms with van der Waals surface area (Å²) in [5.41, 5.74) is 1.09. The van der Waals surface area contributed by atoms with E-state index in [2.05, 4.69) is 11.4 Å². The van der Waals surface area contributed by atoms with Crippen molar-refractivity contribution in [3.63, 3.8) is 0 Å². The molecule has 118 valence electrons. The van der Waals surface area contributed by atoms with Crippen molar-refractivity contribution in [1.29, 1.82) is 0 Å². The van der Waals surface area contributed by atoms with E-state index in [1.807, 2.05) is 34.6 Å². The van der Waals surface area contributed by atoms with Crippen LogP contribution in [-0.4, -0.2) is 34.6 Å². The van der Waals surface area contributed by atoms with Gasteiger partial charge in [-0.3, -0.25) is 4.79 Å². The SMILES string of the molecule is CCC(C)N(CC(=O)O)C(=O)NC(C)c1cc(C)sc1C. The summed E-state index contributed by atoms with van der Waals surface area (Å²) in [4.78, 5) is 27.0. The number of rotatable bonds is 6. The van der Waals surface area contributed by atoms with E-state index in [4.69, 9.17) is 5.11 Å². The minimum Gasteiger partial charge on any atom is -0.480 e. The summed E-state index contributed by atoms with van der Waals surface area (Å²) in [5.74, 6) is -0.999. The van der Waals surface area contributed by atoms with Crippen LogP contribution in [0.4, 0.5) is 4.79 Å². The van der Waals surface area contributed by atoms with Crippen LogP contribution in [-0.2, 0) is 4.79 Å². The third kappa shape index (κ3) is 4.74. The highest BCUT2D eigenvalue weighted by Gasteiger charge is 2.23. The number of carboxylic acid groups (broad SMARTS) is 1. The number of carbonyl (C=O) groups excluding carboxylic acids is 1. The van der Waals surface area contributed by atoms with Gasteiger partial charge in [-0.25, -0.2) is 4.79 Å². The molecule has 1 rings (SSSR count). The number of hydrogen-bond donors (Lipinski definition) is 2. The van der Waals surface area contributed by atoms with E-state index in [9.17, 15) is 9.59 Å². The second-order valence-electron chi connectivity index (χ2n) is 5.32. The second-order valence-corrected chi connectivity index (χ2v) is 6.78. The summed E-state index contributed by atoms with van der Waals surface area (Å²) in [7, 11) is 0. The third-order valence-corrected chi connectivity index (χ3v) is 4.56. The summed E-state index contributed by atoms with van der Waals surface area (Å²) < 4.78 is 0. The van der Waals surface area contributed by atoms with Gasteiger partial charge < -0.3 is 15.3 Å². The van der Waals surface area contributed by atoms with Gasteiger partial charge in [0.05, 0.1) is 6.04 Å². The Morgan fingerprint density at radius 1 is 1.38 bits per heavy atom. The first-order valence-corrected chi connectivity index (χ1v) is 7.93. The lowest BCUT2D eigenvalue weighted by Crippen LogP contribution is -2.47. The maximum atomic E-state index is 12.3. The smallest absolute Gasteiger partial charge is 0.323 e. The predicted molar refractivity (Wildman–Crippen MR) is 84.8 cm³/mol. The van der Waals surface area contributed by atoms with Crippen molar-refractivity contribution in [2.45, 2.75) is 53.1 Å². The van der Waals surface area contributed by atoms with Crippen LogP contribution in [0.25, 0.3) is 0 Å². The monoisotopic (exact) mass is 312 g/mol. The van der Waals surface area contributed by atoms with E-state index < -0.39 is 5.97 Å². The fourth-order valence-corrected chi connectivity index (χ4v) is 3.24. The fraction of sp³-hybridized carbons (Fsp3) is 0.600. The molecular weight excluding hydrogens is 288 g/mol. The molecule has 2 amide bonds. The van der Waals surface area contributed by atoms with Crippen LogP contribution in [0.5, 0.6) is 0 Å². The van der Waals surface area contributed by atoms with Gasteiger partial charge in [-0.15, -0.1) is 11.3 Å². The second kappa shape index (κ2) is 7.45. The summed E-state index contributed by atoms with van der Waals surface area (Å²) in [6.07, 6.45) is 0.714. The lowest BCUT2D eigenvalue weighted by Gasteiger charge is -2.28. The molecule has 0 radical (unpaired) electrons. The number of aryl methyl sites for hydroxylation is 2. The van der Waals surface area contributed by atoms with E-state index >= 15 is 0 Å². The van der Waals surface area contributed by atoms with E-state index in [-0.39, 0.29) is 24.7 Å². The van der Waals surface area contributed by atoms with Crippen molar-refractivity contribution >= 4 is 23.3 Å². The first-order valence-electron chi connectivity index (χ1n) is 7.12. The minimum absolute atomic E-state index is 0.112. The van der Waals surface area contributed by atoms with Crippen LogP contribution in [0.15, 0.2) is 6.07 Å². The largest absolute Gasteiger partial charge is 0.480 e. The Bertz CT molecular complexity index is 513. The quantitative estimate of drug-likeness (QED) is 0.846. The van der Waals surface area contributed by atoms with Gasteiger partial charge in [0.1, 0.15) is 6.54 Å². The van der Waals surface area contributed by atoms with Gasteiger partial charge in [-0.05, 0) is 45.7 Å². The van der Waals surface area contributed by atoms with Gasteiger partial charge in [0.2, 0.25) is 0 Å². The van der Waals surface area contributed by atoms with E-state index in [0.29, 0.717) is 6.42 Å². The van der Waals surface area contributed by atoms with Gasteiger partial charge in [-0.2, -0.15) is 0 Å². The van der Waals surface area contributed by atoms with Crippen LogP contribution in [0, 0.1) is 13.8 Å². The Labute approximate surface area is 130 Å². The molecule has 0 fully saturated rings. The molecule has 0 aliphatic heterocycles. The van der Waals surface area contributed by atoms with Crippen molar-refractivity contribution in [3.05, 3.63) is 21.4 Å². The van der Waals surface area contributed by atoms with Crippen molar-refractivity contribution in [2.75, 3.05) is 6.54 Å². The van der Waals surface area contributed by atoms with Gasteiger partial charge in [0.15, 0.2) is 0 Å². The number of carbonyl (C=O) groups is 2. The highest BCUT2D eigenvalue weighted by Crippen LogP contribution is 2.26. The van der Waals surface area contributed by atoms with Crippen LogP contribution in [0.2, 0.25) is 0 Å². The number of amides is 2. The number of aliphatic carboxylic acids is 1. The van der Waals surface area contributed by atoms with Gasteiger partial charge >= 0.3 is 12.0 Å². The summed E-state index contributed by atoms with van der Waals surface area (Å²) in [5, 5.41) is 11.9. The van der Waals surface area contributed by atoms with Gasteiger partial charge in [0.25, 0.3) is 0 Å². The maximum Gasteiger partial charge on any atom is 0.323 e. The van der Waals surface area contributed by atoms with Crippen LogP contribution in [0.1, 0.15) is 48.6 Å². The van der Waals surface area contributed by atoms with Crippen molar-refractivity contribution in [1.82, 2.24) is 10.2 Å². The first kappa shape index (κ1) is 17.5. The van der Waals surface area contributed by atoms with Gasteiger partial charge in [0, 0.05) is 15.8 Å². The van der Waals surface area contributed by atoms with Gasteiger partial charge in [-0.1, -0.05) is 6.92 Å². The van der Waals surface area contributed by atoms with Crippen LogP contribution >= 0.6 is 11.3 Å².